The van der Waals surface area contributed by atoms with E-state index in [9.17, 15) is 9.59 Å². The van der Waals surface area contributed by atoms with Gasteiger partial charge in [-0.1, -0.05) is 12.2 Å². The molecule has 4 fully saturated rings. The van der Waals surface area contributed by atoms with Gasteiger partial charge in [-0.2, -0.15) is 0 Å². The van der Waals surface area contributed by atoms with E-state index >= 15 is 0 Å². The Balaban J connectivity index is 1.44. The Hall–Kier alpha value is -1.16. The van der Waals surface area contributed by atoms with Crippen molar-refractivity contribution in [1.29, 1.82) is 0 Å². The van der Waals surface area contributed by atoms with Gasteiger partial charge in [0.15, 0.2) is 0 Å². The molecule has 2 amide bonds. The highest BCUT2D eigenvalue weighted by atomic mass is 16.5. The molecule has 2 saturated carbocycles. The van der Waals surface area contributed by atoms with Crippen molar-refractivity contribution >= 4 is 11.8 Å². The maximum atomic E-state index is 12.7. The van der Waals surface area contributed by atoms with Crippen LogP contribution in [0.3, 0.4) is 0 Å². The van der Waals surface area contributed by atoms with Gasteiger partial charge in [0.1, 0.15) is 0 Å². The first-order valence-corrected chi connectivity index (χ1v) is 7.91. The van der Waals surface area contributed by atoms with Crippen LogP contribution in [0, 0.1) is 35.5 Å². The van der Waals surface area contributed by atoms with Crippen LogP contribution in [0.15, 0.2) is 12.2 Å². The maximum Gasteiger partial charge on any atom is 0.233 e. The second-order valence-electron chi connectivity index (χ2n) is 7.08. The molecular weight excluding hydrogens is 254 g/mol. The zero-order valence-corrected chi connectivity index (χ0v) is 11.4. The molecule has 0 aromatic rings. The molecule has 4 aliphatic carbocycles. The Morgan fingerprint density at radius 3 is 2.30 bits per heavy atom. The number of ether oxygens (including phenoxy) is 1. The highest BCUT2D eigenvalue weighted by Gasteiger charge is 2.67. The van der Waals surface area contributed by atoms with Crippen LogP contribution >= 0.6 is 0 Å². The van der Waals surface area contributed by atoms with Crippen molar-refractivity contribution in [2.45, 2.75) is 25.4 Å². The lowest BCUT2D eigenvalue weighted by atomic mass is 9.63. The number of nitrogens with zero attached hydrogens (tertiary/aromatic N) is 1. The number of amides is 2. The largest absolute Gasteiger partial charge is 0.376 e. The quantitative estimate of drug-likeness (QED) is 0.561. The van der Waals surface area contributed by atoms with Gasteiger partial charge in [-0.15, -0.1) is 0 Å². The van der Waals surface area contributed by atoms with Crippen molar-refractivity contribution in [1.82, 2.24) is 4.90 Å². The average Bonchev–Trinajstić information content (AvgIpc) is 3.08. The smallest absolute Gasteiger partial charge is 0.233 e. The Kier molecular flexibility index (Phi) is 2.14. The molecule has 4 nitrogen and oxygen atoms in total. The van der Waals surface area contributed by atoms with E-state index in [1.54, 1.807) is 0 Å². The fourth-order valence-corrected chi connectivity index (χ4v) is 5.19. The van der Waals surface area contributed by atoms with Gasteiger partial charge in [0.05, 0.1) is 24.5 Å². The molecule has 106 valence electrons. The van der Waals surface area contributed by atoms with Crippen LogP contribution in [0.2, 0.25) is 0 Å². The van der Waals surface area contributed by atoms with E-state index in [1.165, 1.54) is 11.3 Å². The molecule has 6 rings (SSSR count). The zero-order valence-electron chi connectivity index (χ0n) is 11.4. The lowest BCUT2D eigenvalue weighted by Gasteiger charge is -2.37. The first-order chi connectivity index (χ1) is 9.75. The molecule has 20 heavy (non-hydrogen) atoms. The van der Waals surface area contributed by atoms with Crippen LogP contribution in [0.25, 0.3) is 0 Å². The molecular formula is C16H19NO3. The van der Waals surface area contributed by atoms with E-state index in [0.717, 1.165) is 19.4 Å². The molecule has 0 radical (unpaired) electrons. The predicted molar refractivity (Wildman–Crippen MR) is 70.4 cm³/mol. The zero-order chi connectivity index (χ0) is 13.4. The molecule has 2 aliphatic heterocycles. The lowest BCUT2D eigenvalue weighted by Crippen LogP contribution is -2.40. The van der Waals surface area contributed by atoms with Crippen LogP contribution in [0.5, 0.6) is 0 Å². The summed E-state index contributed by atoms with van der Waals surface area (Å²) in [6.45, 7) is 1.25. The van der Waals surface area contributed by atoms with Crippen LogP contribution in [-0.4, -0.2) is 36.0 Å². The van der Waals surface area contributed by atoms with Gasteiger partial charge in [-0.3, -0.25) is 14.5 Å². The summed E-state index contributed by atoms with van der Waals surface area (Å²) in [5.74, 6) is 2.10. The Bertz CT molecular complexity index is 486. The third kappa shape index (κ3) is 1.31. The van der Waals surface area contributed by atoms with E-state index in [1.807, 2.05) is 0 Å². The van der Waals surface area contributed by atoms with Crippen molar-refractivity contribution in [3.05, 3.63) is 12.2 Å². The second-order valence-corrected chi connectivity index (χ2v) is 7.08. The number of carbonyl (C=O) groups is 2. The molecule has 0 N–H and O–H groups in total. The number of carbonyl (C=O) groups excluding carboxylic acids is 2. The van der Waals surface area contributed by atoms with E-state index in [4.69, 9.17) is 4.74 Å². The van der Waals surface area contributed by atoms with Crippen LogP contribution in [0.4, 0.5) is 0 Å². The summed E-state index contributed by atoms with van der Waals surface area (Å²) >= 11 is 0. The molecule has 0 aromatic heterocycles. The first kappa shape index (κ1) is 11.5. The molecule has 4 heteroatoms. The molecule has 0 aromatic carbocycles. The lowest BCUT2D eigenvalue weighted by molar-refractivity contribution is -0.142. The summed E-state index contributed by atoms with van der Waals surface area (Å²) in [6, 6.07) is 0. The summed E-state index contributed by atoms with van der Waals surface area (Å²) < 4.78 is 5.60. The van der Waals surface area contributed by atoms with Gasteiger partial charge in [0, 0.05) is 6.61 Å². The van der Waals surface area contributed by atoms with E-state index in [0.29, 0.717) is 30.2 Å². The summed E-state index contributed by atoms with van der Waals surface area (Å²) in [4.78, 5) is 26.9. The number of likely N-dealkylation sites (tertiary alicyclic amines) is 1. The van der Waals surface area contributed by atoms with Crippen LogP contribution in [-0.2, 0) is 14.3 Å². The Morgan fingerprint density at radius 1 is 1.10 bits per heavy atom. The van der Waals surface area contributed by atoms with E-state index in [-0.39, 0.29) is 29.8 Å². The third-order valence-corrected chi connectivity index (χ3v) is 6.16. The normalized spacial score (nSPS) is 51.6. The Labute approximate surface area is 118 Å². The SMILES string of the molecule is O=C1C2C3C=CC(C4CC34)C2C(=O)N1CC1CCCO1. The van der Waals surface area contributed by atoms with Crippen molar-refractivity contribution in [3.8, 4) is 0 Å². The van der Waals surface area contributed by atoms with Crippen molar-refractivity contribution in [3.63, 3.8) is 0 Å². The molecule has 6 aliphatic rings. The number of imide groups is 1. The van der Waals surface area contributed by atoms with Crippen molar-refractivity contribution in [2.75, 3.05) is 13.2 Å². The van der Waals surface area contributed by atoms with Crippen molar-refractivity contribution < 1.29 is 14.3 Å². The monoisotopic (exact) mass is 273 g/mol. The molecule has 2 bridgehead atoms. The van der Waals surface area contributed by atoms with Crippen LogP contribution < -0.4 is 0 Å². The highest BCUT2D eigenvalue weighted by molar-refractivity contribution is 6.06. The number of hydrogen-bond acceptors (Lipinski definition) is 3. The number of hydrogen-bond donors (Lipinski definition) is 0. The summed E-state index contributed by atoms with van der Waals surface area (Å²) in [6.07, 6.45) is 7.76. The minimum atomic E-state index is -0.0531. The van der Waals surface area contributed by atoms with Crippen molar-refractivity contribution in [2.24, 2.45) is 35.5 Å². The van der Waals surface area contributed by atoms with Gasteiger partial charge >= 0.3 is 0 Å². The fraction of sp³-hybridized carbons (Fsp3) is 0.750. The van der Waals surface area contributed by atoms with Gasteiger partial charge in [0.25, 0.3) is 0 Å². The first-order valence-electron chi connectivity index (χ1n) is 7.91. The van der Waals surface area contributed by atoms with E-state index in [2.05, 4.69) is 12.2 Å². The minimum absolute atomic E-state index is 0.0531. The highest BCUT2D eigenvalue weighted by Crippen LogP contribution is 2.65. The standard InChI is InChI=1S/C16H19NO3/c18-15-13-9-3-4-10(12-6-11(9)12)14(13)16(19)17(15)7-8-2-1-5-20-8/h3-4,8-14H,1-2,5-7H2. The molecule has 2 saturated heterocycles. The maximum absolute atomic E-state index is 12.7. The summed E-state index contributed by atoms with van der Waals surface area (Å²) in [5.41, 5.74) is 0. The predicted octanol–water partition coefficient (Wildman–Crippen LogP) is 1.22. The van der Waals surface area contributed by atoms with Gasteiger partial charge in [-0.25, -0.2) is 0 Å². The van der Waals surface area contributed by atoms with Gasteiger partial charge < -0.3 is 4.74 Å². The van der Waals surface area contributed by atoms with Crippen LogP contribution in [0.1, 0.15) is 19.3 Å². The topological polar surface area (TPSA) is 46.6 Å². The average molecular weight is 273 g/mol. The minimum Gasteiger partial charge on any atom is -0.376 e. The molecule has 7 unspecified atom stereocenters. The van der Waals surface area contributed by atoms with E-state index < -0.39 is 0 Å². The fourth-order valence-electron chi connectivity index (χ4n) is 5.19. The molecule has 2 heterocycles. The number of allylic oxidation sites excluding steroid dienone is 2. The second kappa shape index (κ2) is 3.73. The van der Waals surface area contributed by atoms with Gasteiger partial charge in [-0.05, 0) is 42.9 Å². The summed E-state index contributed by atoms with van der Waals surface area (Å²) in [7, 11) is 0. The van der Waals surface area contributed by atoms with Gasteiger partial charge in [0.2, 0.25) is 11.8 Å². The number of rotatable bonds is 2. The Morgan fingerprint density at radius 2 is 1.75 bits per heavy atom. The molecule has 0 spiro atoms. The molecule has 7 atom stereocenters. The summed E-state index contributed by atoms with van der Waals surface area (Å²) in [5, 5.41) is 0. The third-order valence-electron chi connectivity index (χ3n) is 6.16.